The van der Waals surface area contributed by atoms with E-state index in [0.717, 1.165) is 11.6 Å². The van der Waals surface area contributed by atoms with Crippen LogP contribution in [0.5, 0.6) is 0 Å². The molecular weight excluding hydrogens is 366 g/mol. The van der Waals surface area contributed by atoms with Crippen molar-refractivity contribution >= 4 is 28.3 Å². The molecule has 0 fully saturated rings. The molecule has 0 unspecified atom stereocenters. The highest BCUT2D eigenvalue weighted by Crippen LogP contribution is 2.22. The van der Waals surface area contributed by atoms with Gasteiger partial charge in [-0.15, -0.1) is 0 Å². The first-order valence-electron chi connectivity index (χ1n) is 9.07. The number of carbonyl (C=O) groups excluding carboxylic acids is 2. The normalized spacial score (nSPS) is 10.7. The molecule has 4 aromatic rings. The van der Waals surface area contributed by atoms with Gasteiger partial charge in [-0.1, -0.05) is 54.1 Å². The van der Waals surface area contributed by atoms with E-state index >= 15 is 0 Å². The summed E-state index contributed by atoms with van der Waals surface area (Å²) in [7, 11) is 0. The summed E-state index contributed by atoms with van der Waals surface area (Å²) in [6.07, 6.45) is 0. The number of ketones is 1. The number of aryl methyl sites for hydroxylation is 1. The van der Waals surface area contributed by atoms with Gasteiger partial charge in [0, 0.05) is 17.2 Å². The van der Waals surface area contributed by atoms with Gasteiger partial charge in [0.25, 0.3) is 5.91 Å². The lowest BCUT2D eigenvalue weighted by atomic mass is 9.99. The van der Waals surface area contributed by atoms with Crippen molar-refractivity contribution in [1.29, 1.82) is 0 Å². The molecule has 29 heavy (non-hydrogen) atoms. The molecule has 0 bridgehead atoms. The predicted molar refractivity (Wildman–Crippen MR) is 111 cm³/mol. The van der Waals surface area contributed by atoms with E-state index in [4.69, 9.17) is 4.42 Å². The molecule has 0 aliphatic carbocycles. The number of amides is 1. The zero-order valence-electron chi connectivity index (χ0n) is 15.6. The maximum absolute atomic E-state index is 12.9. The summed E-state index contributed by atoms with van der Waals surface area (Å²) in [5.74, 6) is -0.921. The van der Waals surface area contributed by atoms with Crippen molar-refractivity contribution in [2.24, 2.45) is 0 Å². The van der Waals surface area contributed by atoms with Gasteiger partial charge < -0.3 is 9.73 Å². The molecular formula is C24H17NO4. The molecule has 0 saturated heterocycles. The first-order valence-corrected chi connectivity index (χ1v) is 9.07. The van der Waals surface area contributed by atoms with Crippen LogP contribution in [0.4, 0.5) is 5.69 Å². The summed E-state index contributed by atoms with van der Waals surface area (Å²) in [5.41, 5.74) is 2.15. The van der Waals surface area contributed by atoms with Crippen molar-refractivity contribution in [3.05, 3.63) is 112 Å². The van der Waals surface area contributed by atoms with Crippen LogP contribution in [0.25, 0.3) is 11.0 Å². The predicted octanol–water partition coefficient (Wildman–Crippen LogP) is 4.58. The molecule has 5 heteroatoms. The summed E-state index contributed by atoms with van der Waals surface area (Å²) >= 11 is 0. The van der Waals surface area contributed by atoms with Crippen LogP contribution < -0.4 is 10.7 Å². The topological polar surface area (TPSA) is 76.4 Å². The minimum Gasteiger partial charge on any atom is -0.451 e. The largest absolute Gasteiger partial charge is 0.451 e. The van der Waals surface area contributed by atoms with Gasteiger partial charge >= 0.3 is 0 Å². The van der Waals surface area contributed by atoms with Crippen LogP contribution >= 0.6 is 0 Å². The second-order valence-electron chi connectivity index (χ2n) is 6.67. The second kappa shape index (κ2) is 7.56. The number of carbonyl (C=O) groups is 2. The molecule has 4 rings (SSSR count). The van der Waals surface area contributed by atoms with Crippen molar-refractivity contribution in [2.75, 3.05) is 5.32 Å². The lowest BCUT2D eigenvalue weighted by Gasteiger charge is -2.11. The molecule has 1 heterocycles. The molecule has 0 aliphatic rings. The number of nitrogens with one attached hydrogen (secondary N) is 1. The molecule has 5 nitrogen and oxygen atoms in total. The molecule has 1 N–H and O–H groups in total. The highest BCUT2D eigenvalue weighted by atomic mass is 16.3. The van der Waals surface area contributed by atoms with E-state index in [-0.39, 0.29) is 17.0 Å². The van der Waals surface area contributed by atoms with Gasteiger partial charge in [-0.3, -0.25) is 14.4 Å². The Labute approximate surface area is 166 Å². The summed E-state index contributed by atoms with van der Waals surface area (Å²) in [6, 6.07) is 21.9. The van der Waals surface area contributed by atoms with Crippen molar-refractivity contribution in [1.82, 2.24) is 0 Å². The second-order valence-corrected chi connectivity index (χ2v) is 6.67. The Morgan fingerprint density at radius 1 is 0.862 bits per heavy atom. The van der Waals surface area contributed by atoms with E-state index in [1.165, 1.54) is 0 Å². The number of benzene rings is 3. The monoisotopic (exact) mass is 383 g/mol. The molecule has 0 spiro atoms. The Bertz CT molecular complexity index is 1290. The molecule has 1 aromatic heterocycles. The van der Waals surface area contributed by atoms with Crippen molar-refractivity contribution in [2.45, 2.75) is 6.92 Å². The molecule has 0 saturated carbocycles. The Morgan fingerprint density at radius 3 is 2.38 bits per heavy atom. The fourth-order valence-corrected chi connectivity index (χ4v) is 3.10. The minimum atomic E-state index is -0.598. The summed E-state index contributed by atoms with van der Waals surface area (Å²) in [6.45, 7) is 1.87. The van der Waals surface area contributed by atoms with E-state index < -0.39 is 5.91 Å². The Morgan fingerprint density at radius 2 is 1.59 bits per heavy atom. The van der Waals surface area contributed by atoms with Gasteiger partial charge in [0.2, 0.25) is 0 Å². The van der Waals surface area contributed by atoms with Crippen molar-refractivity contribution in [3.8, 4) is 0 Å². The number of anilines is 1. The highest BCUT2D eigenvalue weighted by molar-refractivity contribution is 6.15. The van der Waals surface area contributed by atoms with Gasteiger partial charge in [-0.2, -0.15) is 0 Å². The maximum Gasteiger partial charge on any atom is 0.291 e. The van der Waals surface area contributed by atoms with Crippen LogP contribution in [0, 0.1) is 6.92 Å². The number of hydrogen-bond acceptors (Lipinski definition) is 4. The number of para-hydroxylation sites is 1. The smallest absolute Gasteiger partial charge is 0.291 e. The molecule has 0 aliphatic heterocycles. The van der Waals surface area contributed by atoms with E-state index in [1.807, 2.05) is 13.0 Å². The zero-order valence-corrected chi connectivity index (χ0v) is 15.6. The van der Waals surface area contributed by atoms with Crippen LogP contribution in [0.1, 0.15) is 32.0 Å². The van der Waals surface area contributed by atoms with Crippen LogP contribution in [0.3, 0.4) is 0 Å². The zero-order chi connectivity index (χ0) is 20.4. The first kappa shape index (κ1) is 18.4. The standard InChI is InChI=1S/C24H17NO4/c1-15-11-12-19(18(13-15)23(27)16-7-3-2-4-8-16)25-24(28)22-14-20(26)17-9-5-6-10-21(17)29-22/h2-14H,1H3,(H,25,28). The van der Waals surface area contributed by atoms with Crippen LogP contribution in [0.15, 0.2) is 88.1 Å². The lowest BCUT2D eigenvalue weighted by molar-refractivity contribution is 0.0997. The molecule has 142 valence electrons. The van der Waals surface area contributed by atoms with E-state index in [9.17, 15) is 14.4 Å². The SMILES string of the molecule is Cc1ccc(NC(=O)c2cc(=O)c3ccccc3o2)c(C(=O)c2ccccc2)c1. The third-order valence-corrected chi connectivity index (χ3v) is 4.56. The minimum absolute atomic E-state index is 0.118. The van der Waals surface area contributed by atoms with Crippen LogP contribution in [-0.4, -0.2) is 11.7 Å². The Hall–Kier alpha value is -3.99. The molecule has 1 amide bonds. The molecule has 3 aromatic carbocycles. The fourth-order valence-electron chi connectivity index (χ4n) is 3.10. The average Bonchev–Trinajstić information content (AvgIpc) is 2.75. The quantitative estimate of drug-likeness (QED) is 0.523. The highest BCUT2D eigenvalue weighted by Gasteiger charge is 2.18. The maximum atomic E-state index is 12.9. The number of rotatable bonds is 4. The summed E-state index contributed by atoms with van der Waals surface area (Å²) in [4.78, 5) is 38.0. The summed E-state index contributed by atoms with van der Waals surface area (Å²) in [5, 5.41) is 3.11. The molecule has 0 atom stereocenters. The van der Waals surface area contributed by atoms with Crippen molar-refractivity contribution < 1.29 is 14.0 Å². The van der Waals surface area contributed by atoms with Gasteiger partial charge in [-0.05, 0) is 31.2 Å². The average molecular weight is 383 g/mol. The Balaban J connectivity index is 1.71. The van der Waals surface area contributed by atoms with Crippen LogP contribution in [-0.2, 0) is 0 Å². The van der Waals surface area contributed by atoms with Gasteiger partial charge in [0.05, 0.1) is 11.1 Å². The summed E-state index contributed by atoms with van der Waals surface area (Å²) < 4.78 is 5.59. The third-order valence-electron chi connectivity index (χ3n) is 4.56. The van der Waals surface area contributed by atoms with E-state index in [0.29, 0.717) is 27.8 Å². The fraction of sp³-hybridized carbons (Fsp3) is 0.0417. The van der Waals surface area contributed by atoms with E-state index in [1.54, 1.807) is 66.7 Å². The molecule has 0 radical (unpaired) electrons. The Kier molecular flexibility index (Phi) is 4.79. The van der Waals surface area contributed by atoms with Gasteiger partial charge in [0.1, 0.15) is 5.58 Å². The lowest BCUT2D eigenvalue weighted by Crippen LogP contribution is -2.17. The van der Waals surface area contributed by atoms with Gasteiger partial charge in [0.15, 0.2) is 17.0 Å². The van der Waals surface area contributed by atoms with E-state index in [2.05, 4.69) is 5.32 Å². The van der Waals surface area contributed by atoms with Crippen LogP contribution in [0.2, 0.25) is 0 Å². The number of fused-ring (bicyclic) bond motifs is 1. The van der Waals surface area contributed by atoms with Gasteiger partial charge in [-0.25, -0.2) is 0 Å². The number of hydrogen-bond donors (Lipinski definition) is 1. The first-order chi connectivity index (χ1) is 14.0. The van der Waals surface area contributed by atoms with Crippen molar-refractivity contribution in [3.63, 3.8) is 0 Å². The third kappa shape index (κ3) is 3.71.